The average Bonchev–Trinajstić information content (AvgIpc) is 2.72. The van der Waals surface area contributed by atoms with E-state index in [0.29, 0.717) is 0 Å². The minimum Gasteiger partial charge on any atom is -0.406 e. The van der Waals surface area contributed by atoms with Crippen LogP contribution >= 0.6 is 0 Å². The minimum atomic E-state index is -5.00. The molecule has 1 aromatic carbocycles. The van der Waals surface area contributed by atoms with Crippen LogP contribution in [0.15, 0.2) is 47.5 Å². The molecule has 0 unspecified atom stereocenters. The molecular formula is C21H20F6N2O4S. The third kappa shape index (κ3) is 5.29. The number of aromatic nitrogens is 1. The van der Waals surface area contributed by atoms with E-state index in [0.717, 1.165) is 42.6 Å². The van der Waals surface area contributed by atoms with Crippen LogP contribution in [0.5, 0.6) is 5.75 Å². The first-order valence-electron chi connectivity index (χ1n) is 9.96. The second kappa shape index (κ2) is 8.75. The van der Waals surface area contributed by atoms with E-state index in [2.05, 4.69) is 9.72 Å². The summed E-state index contributed by atoms with van der Waals surface area (Å²) in [6.45, 7) is 2.80. The third-order valence-corrected chi connectivity index (χ3v) is 8.39. The van der Waals surface area contributed by atoms with Crippen LogP contribution in [0.3, 0.4) is 0 Å². The molecule has 0 saturated carbocycles. The van der Waals surface area contributed by atoms with Crippen LogP contribution in [-0.4, -0.2) is 37.0 Å². The van der Waals surface area contributed by atoms with Crippen molar-refractivity contribution in [2.24, 2.45) is 5.92 Å². The van der Waals surface area contributed by atoms with Crippen molar-refractivity contribution < 1.29 is 44.3 Å². The van der Waals surface area contributed by atoms with Gasteiger partial charge >= 0.3 is 12.5 Å². The van der Waals surface area contributed by atoms with Gasteiger partial charge in [-0.2, -0.15) is 13.2 Å². The van der Waals surface area contributed by atoms with Crippen molar-refractivity contribution in [3.63, 3.8) is 0 Å². The van der Waals surface area contributed by atoms with Crippen LogP contribution < -0.4 is 9.64 Å². The number of hydrogen-bond donors (Lipinski definition) is 0. The number of hydrogen-bond acceptors (Lipinski definition) is 5. The topological polar surface area (TPSA) is 76.6 Å². The van der Waals surface area contributed by atoms with E-state index in [-0.39, 0.29) is 30.0 Å². The van der Waals surface area contributed by atoms with Gasteiger partial charge in [0.25, 0.3) is 0 Å². The molecule has 1 aliphatic rings. The molecule has 0 N–H and O–H groups in total. The lowest BCUT2D eigenvalue weighted by atomic mass is 9.85. The van der Waals surface area contributed by atoms with Crippen molar-refractivity contribution in [1.82, 2.24) is 4.98 Å². The zero-order valence-corrected chi connectivity index (χ0v) is 18.8. The van der Waals surface area contributed by atoms with Crippen LogP contribution in [-0.2, 0) is 20.8 Å². The second-order valence-corrected chi connectivity index (χ2v) is 10.8. The normalized spacial score (nSPS) is 18.2. The fourth-order valence-electron chi connectivity index (χ4n) is 3.77. The lowest BCUT2D eigenvalue weighted by Gasteiger charge is -2.39. The van der Waals surface area contributed by atoms with Gasteiger partial charge in [-0.05, 0) is 56.5 Å². The Bertz CT molecular complexity index is 1160. The summed E-state index contributed by atoms with van der Waals surface area (Å²) in [5, 5.41) is 0. The number of carbonyl (C=O) groups excluding carboxylic acids is 1. The number of piperidine rings is 1. The number of carbonyl (C=O) groups is 1. The van der Waals surface area contributed by atoms with E-state index < -0.39 is 50.4 Å². The van der Waals surface area contributed by atoms with E-state index in [4.69, 9.17) is 0 Å². The summed E-state index contributed by atoms with van der Waals surface area (Å²) in [6, 6.07) is 5.87. The number of amides is 1. The van der Waals surface area contributed by atoms with Gasteiger partial charge in [0, 0.05) is 13.0 Å². The molecule has 1 atom stereocenters. The number of alkyl halides is 6. The molecule has 13 heteroatoms. The molecule has 3 rings (SSSR count). The molecule has 6 nitrogen and oxygen atoms in total. The van der Waals surface area contributed by atoms with Crippen molar-refractivity contribution in [3.8, 4) is 5.75 Å². The number of halogens is 6. The molecule has 1 saturated heterocycles. The number of ether oxygens (including phenoxy) is 1. The average molecular weight is 510 g/mol. The molecule has 0 aliphatic carbocycles. The van der Waals surface area contributed by atoms with Gasteiger partial charge < -0.3 is 9.64 Å². The Morgan fingerprint density at radius 3 is 2.26 bits per heavy atom. The number of anilines is 1. The Labute approximate surface area is 191 Å². The fourth-order valence-corrected chi connectivity index (χ4v) is 5.55. The molecule has 1 aromatic heterocycles. The summed E-state index contributed by atoms with van der Waals surface area (Å²) in [4.78, 5) is 16.9. The van der Waals surface area contributed by atoms with Gasteiger partial charge in [-0.3, -0.25) is 4.79 Å². The van der Waals surface area contributed by atoms with Gasteiger partial charge in [0.1, 0.15) is 11.4 Å². The Kier molecular flexibility index (Phi) is 6.64. The molecule has 2 heterocycles. The number of rotatable bonds is 5. The van der Waals surface area contributed by atoms with Crippen molar-refractivity contribution in [1.29, 1.82) is 0 Å². The van der Waals surface area contributed by atoms with Crippen molar-refractivity contribution in [2.45, 2.75) is 48.9 Å². The number of benzene rings is 1. The zero-order valence-electron chi connectivity index (χ0n) is 17.9. The van der Waals surface area contributed by atoms with Crippen molar-refractivity contribution in [2.75, 3.05) is 11.4 Å². The predicted molar refractivity (Wildman–Crippen MR) is 109 cm³/mol. The maximum Gasteiger partial charge on any atom is 0.573 e. The van der Waals surface area contributed by atoms with E-state index in [1.54, 1.807) is 0 Å². The Morgan fingerprint density at radius 1 is 1.06 bits per heavy atom. The summed E-state index contributed by atoms with van der Waals surface area (Å²) in [6.07, 6.45) is -8.74. The zero-order chi connectivity index (χ0) is 25.5. The van der Waals surface area contributed by atoms with E-state index in [9.17, 15) is 39.6 Å². The largest absolute Gasteiger partial charge is 0.573 e. The number of nitrogens with zero attached hydrogens (tertiary/aromatic N) is 2. The Hall–Kier alpha value is -2.83. The first kappa shape index (κ1) is 25.8. The van der Waals surface area contributed by atoms with Gasteiger partial charge in [-0.1, -0.05) is 6.07 Å². The Balaban J connectivity index is 1.79. The van der Waals surface area contributed by atoms with Crippen LogP contribution in [0.25, 0.3) is 0 Å². The molecule has 2 aromatic rings. The fraction of sp³-hybridized carbons (Fsp3) is 0.429. The summed E-state index contributed by atoms with van der Waals surface area (Å²) in [5.74, 6) is -1.89. The highest BCUT2D eigenvalue weighted by Crippen LogP contribution is 2.40. The van der Waals surface area contributed by atoms with Gasteiger partial charge in [-0.25, -0.2) is 13.4 Å². The Morgan fingerprint density at radius 2 is 1.74 bits per heavy atom. The molecule has 186 valence electrons. The van der Waals surface area contributed by atoms with E-state index in [1.165, 1.54) is 18.7 Å². The van der Waals surface area contributed by atoms with Crippen LogP contribution in [0.4, 0.5) is 32.0 Å². The van der Waals surface area contributed by atoms with Crippen LogP contribution in [0.1, 0.15) is 32.4 Å². The molecule has 1 fully saturated rings. The highest BCUT2D eigenvalue weighted by Gasteiger charge is 2.46. The summed E-state index contributed by atoms with van der Waals surface area (Å²) in [5.41, 5.74) is -0.961. The van der Waals surface area contributed by atoms with Crippen molar-refractivity contribution >= 4 is 21.4 Å². The summed E-state index contributed by atoms with van der Waals surface area (Å²) in [7, 11) is -4.20. The molecule has 0 spiro atoms. The highest BCUT2D eigenvalue weighted by atomic mass is 32.2. The first-order valence-corrected chi connectivity index (χ1v) is 11.4. The molecule has 0 radical (unpaired) electrons. The number of pyridine rings is 1. The monoisotopic (exact) mass is 510 g/mol. The SMILES string of the molecule is CC(C)([C@H]1CCN(c2ccc(C(F)(F)F)nc2)C(=O)C1)S(=O)(=O)c1cccc(OC(F)(F)F)c1. The van der Waals surface area contributed by atoms with E-state index >= 15 is 0 Å². The first-order chi connectivity index (χ1) is 15.5. The lowest BCUT2D eigenvalue weighted by molar-refractivity contribution is -0.274. The third-order valence-electron chi connectivity index (χ3n) is 5.80. The molecule has 0 bridgehead atoms. The molecule has 34 heavy (non-hydrogen) atoms. The van der Waals surface area contributed by atoms with Crippen molar-refractivity contribution in [3.05, 3.63) is 48.3 Å². The number of sulfone groups is 1. The quantitative estimate of drug-likeness (QED) is 0.530. The highest BCUT2D eigenvalue weighted by molar-refractivity contribution is 7.92. The van der Waals surface area contributed by atoms with Gasteiger partial charge in [0.2, 0.25) is 5.91 Å². The smallest absolute Gasteiger partial charge is 0.406 e. The molecular weight excluding hydrogens is 490 g/mol. The second-order valence-electron chi connectivity index (χ2n) is 8.26. The minimum absolute atomic E-state index is 0.0344. The maximum atomic E-state index is 13.3. The van der Waals surface area contributed by atoms with Gasteiger partial charge in [0.15, 0.2) is 9.84 Å². The van der Waals surface area contributed by atoms with Gasteiger partial charge in [0.05, 0.1) is 21.5 Å². The standard InChI is InChI=1S/C21H20F6N2O4S/c1-19(2,34(31,32)16-5-3-4-15(11-16)33-21(25,26)27)13-8-9-29(18(30)10-13)14-6-7-17(28-12-14)20(22,23)24/h3-7,11-13H,8-10H2,1-2H3/t13-/m0/s1. The van der Waals surface area contributed by atoms with Crippen LogP contribution in [0.2, 0.25) is 0 Å². The summed E-state index contributed by atoms with van der Waals surface area (Å²) < 4.78 is 105. The maximum absolute atomic E-state index is 13.3. The lowest BCUT2D eigenvalue weighted by Crippen LogP contribution is -2.48. The molecule has 1 aliphatic heterocycles. The predicted octanol–water partition coefficient (Wildman–Crippen LogP) is 4.99. The van der Waals surface area contributed by atoms with Crippen LogP contribution in [0, 0.1) is 5.92 Å². The van der Waals surface area contributed by atoms with Gasteiger partial charge in [-0.15, -0.1) is 13.2 Å². The van der Waals surface area contributed by atoms with E-state index in [1.807, 2.05) is 0 Å². The summed E-state index contributed by atoms with van der Waals surface area (Å²) >= 11 is 0. The molecule has 1 amide bonds.